The van der Waals surface area contributed by atoms with Crippen molar-refractivity contribution in [2.24, 2.45) is 0 Å². The Balaban J connectivity index is 1.80. The molecule has 1 unspecified atom stereocenters. The quantitative estimate of drug-likeness (QED) is 0.648. The Morgan fingerprint density at radius 2 is 1.73 bits per heavy atom. The molecule has 0 aliphatic carbocycles. The highest BCUT2D eigenvalue weighted by Gasteiger charge is 2.38. The Morgan fingerprint density at radius 1 is 1.04 bits per heavy atom. The minimum Gasteiger partial charge on any atom is -0.480 e. The SMILES string of the molecule is O=C(O)C1CC(=C2CCN(c3ccccc3)C2=O)c2ccccc2N1Cl. The highest BCUT2D eigenvalue weighted by Crippen LogP contribution is 2.43. The van der Waals surface area contributed by atoms with Crippen molar-refractivity contribution in [3.63, 3.8) is 0 Å². The molecule has 1 atom stereocenters. The fourth-order valence-electron chi connectivity index (χ4n) is 3.67. The van der Waals surface area contributed by atoms with Gasteiger partial charge in [0, 0.05) is 41.6 Å². The van der Waals surface area contributed by atoms with E-state index >= 15 is 0 Å². The Hall–Kier alpha value is -2.79. The van der Waals surface area contributed by atoms with E-state index in [4.69, 9.17) is 11.8 Å². The summed E-state index contributed by atoms with van der Waals surface area (Å²) in [5, 5.41) is 9.55. The van der Waals surface area contributed by atoms with Gasteiger partial charge in [0.15, 0.2) is 0 Å². The van der Waals surface area contributed by atoms with Crippen LogP contribution in [0.3, 0.4) is 0 Å². The lowest BCUT2D eigenvalue weighted by Gasteiger charge is -2.33. The van der Waals surface area contributed by atoms with Gasteiger partial charge in [-0.15, -0.1) is 0 Å². The van der Waals surface area contributed by atoms with Gasteiger partial charge >= 0.3 is 5.97 Å². The van der Waals surface area contributed by atoms with E-state index in [1.807, 2.05) is 48.5 Å². The molecule has 0 spiro atoms. The van der Waals surface area contributed by atoms with Crippen molar-refractivity contribution in [3.8, 4) is 0 Å². The van der Waals surface area contributed by atoms with Crippen LogP contribution in [0, 0.1) is 0 Å². The predicted molar refractivity (Wildman–Crippen MR) is 101 cm³/mol. The summed E-state index contributed by atoms with van der Waals surface area (Å²) in [6, 6.07) is 16.0. The molecule has 132 valence electrons. The van der Waals surface area contributed by atoms with Gasteiger partial charge in [0.05, 0.1) is 5.69 Å². The second kappa shape index (κ2) is 6.50. The van der Waals surface area contributed by atoms with E-state index in [2.05, 4.69) is 0 Å². The molecule has 0 bridgehead atoms. The predicted octanol–water partition coefficient (Wildman–Crippen LogP) is 3.69. The summed E-state index contributed by atoms with van der Waals surface area (Å²) >= 11 is 6.28. The van der Waals surface area contributed by atoms with Crippen LogP contribution in [0.25, 0.3) is 5.57 Å². The number of carboxylic acids is 1. The van der Waals surface area contributed by atoms with Crippen molar-refractivity contribution in [1.29, 1.82) is 0 Å². The molecule has 1 fully saturated rings. The zero-order valence-corrected chi connectivity index (χ0v) is 14.7. The van der Waals surface area contributed by atoms with E-state index in [-0.39, 0.29) is 12.3 Å². The maximum atomic E-state index is 13.0. The van der Waals surface area contributed by atoms with E-state index in [0.29, 0.717) is 24.2 Å². The van der Waals surface area contributed by atoms with Crippen LogP contribution in [0.4, 0.5) is 11.4 Å². The van der Waals surface area contributed by atoms with Crippen LogP contribution in [0.15, 0.2) is 60.2 Å². The zero-order chi connectivity index (χ0) is 18.3. The van der Waals surface area contributed by atoms with Crippen LogP contribution in [0.2, 0.25) is 0 Å². The minimum atomic E-state index is -1.00. The number of hydrogen-bond donors (Lipinski definition) is 1. The molecule has 2 heterocycles. The average molecular weight is 369 g/mol. The first-order chi connectivity index (χ1) is 12.6. The van der Waals surface area contributed by atoms with Gasteiger partial charge in [-0.2, -0.15) is 0 Å². The third-order valence-electron chi connectivity index (χ3n) is 4.94. The lowest BCUT2D eigenvalue weighted by molar-refractivity contribution is -0.138. The number of amides is 1. The maximum Gasteiger partial charge on any atom is 0.328 e. The molecule has 0 radical (unpaired) electrons. The monoisotopic (exact) mass is 368 g/mol. The zero-order valence-electron chi connectivity index (χ0n) is 13.9. The molecule has 1 saturated heterocycles. The second-order valence-electron chi connectivity index (χ2n) is 6.39. The number of carboxylic acid groups (broad SMARTS) is 1. The summed E-state index contributed by atoms with van der Waals surface area (Å²) in [4.78, 5) is 26.4. The van der Waals surface area contributed by atoms with Crippen LogP contribution in [-0.2, 0) is 9.59 Å². The summed E-state index contributed by atoms with van der Waals surface area (Å²) in [7, 11) is 0. The Bertz CT molecular complexity index is 910. The van der Waals surface area contributed by atoms with Gasteiger partial charge in [-0.3, -0.25) is 9.21 Å². The van der Waals surface area contributed by atoms with Crippen molar-refractivity contribution in [2.75, 3.05) is 15.9 Å². The van der Waals surface area contributed by atoms with Gasteiger partial charge in [-0.05, 0) is 30.2 Å². The normalized spacial score (nSPS) is 22.5. The standard InChI is InChI=1S/C20H17ClN2O3/c21-23-17-9-5-4-8-14(17)16(12-18(23)20(25)26)15-10-11-22(19(15)24)13-6-2-1-3-7-13/h1-9,18H,10-12H2,(H,25,26). The topological polar surface area (TPSA) is 60.9 Å². The number of anilines is 2. The average Bonchev–Trinajstić information content (AvgIpc) is 3.04. The summed E-state index contributed by atoms with van der Waals surface area (Å²) in [6.45, 7) is 0.589. The molecule has 0 saturated carbocycles. The van der Waals surface area contributed by atoms with E-state index in [1.165, 1.54) is 4.42 Å². The van der Waals surface area contributed by atoms with Crippen molar-refractivity contribution in [3.05, 3.63) is 65.7 Å². The molecule has 4 rings (SSSR count). The maximum absolute atomic E-state index is 13.0. The van der Waals surface area contributed by atoms with E-state index in [0.717, 1.165) is 16.8 Å². The fourth-order valence-corrected chi connectivity index (χ4v) is 3.97. The Kier molecular flexibility index (Phi) is 4.17. The first-order valence-corrected chi connectivity index (χ1v) is 8.78. The third kappa shape index (κ3) is 2.65. The molecule has 6 heteroatoms. The van der Waals surface area contributed by atoms with Crippen LogP contribution >= 0.6 is 11.8 Å². The van der Waals surface area contributed by atoms with Crippen LogP contribution in [0.1, 0.15) is 18.4 Å². The van der Waals surface area contributed by atoms with E-state index in [9.17, 15) is 14.7 Å². The molecule has 1 N–H and O–H groups in total. The highest BCUT2D eigenvalue weighted by atomic mass is 35.5. The summed E-state index contributed by atoms with van der Waals surface area (Å²) in [5.74, 6) is -1.06. The van der Waals surface area contributed by atoms with Crippen LogP contribution in [-0.4, -0.2) is 29.6 Å². The molecule has 5 nitrogen and oxygen atoms in total. The second-order valence-corrected chi connectivity index (χ2v) is 6.75. The Morgan fingerprint density at radius 3 is 2.46 bits per heavy atom. The molecule has 2 aromatic carbocycles. The number of carbonyl (C=O) groups excluding carboxylic acids is 1. The fraction of sp³-hybridized carbons (Fsp3) is 0.200. The van der Waals surface area contributed by atoms with Gasteiger partial charge in [0.1, 0.15) is 6.04 Å². The van der Waals surface area contributed by atoms with Crippen molar-refractivity contribution >= 4 is 40.6 Å². The molecule has 0 aromatic heterocycles. The first kappa shape index (κ1) is 16.7. The molecule has 2 aliphatic heterocycles. The summed E-state index contributed by atoms with van der Waals surface area (Å²) in [5.41, 5.74) is 3.77. The molecule has 2 aromatic rings. The number of rotatable bonds is 2. The van der Waals surface area contributed by atoms with Gasteiger partial charge in [-0.1, -0.05) is 36.4 Å². The molecule has 1 amide bonds. The summed E-state index contributed by atoms with van der Waals surface area (Å²) in [6.07, 6.45) is 0.797. The van der Waals surface area contributed by atoms with Crippen molar-refractivity contribution in [1.82, 2.24) is 0 Å². The third-order valence-corrected chi connectivity index (χ3v) is 5.35. The van der Waals surface area contributed by atoms with Crippen LogP contribution < -0.4 is 9.32 Å². The van der Waals surface area contributed by atoms with Crippen molar-refractivity contribution < 1.29 is 14.7 Å². The molecule has 26 heavy (non-hydrogen) atoms. The van der Waals surface area contributed by atoms with Gasteiger partial charge in [0.2, 0.25) is 0 Å². The largest absolute Gasteiger partial charge is 0.480 e. The number of aliphatic carboxylic acids is 1. The van der Waals surface area contributed by atoms with Gasteiger partial charge in [-0.25, -0.2) is 4.79 Å². The number of carbonyl (C=O) groups is 2. The number of hydrogen-bond acceptors (Lipinski definition) is 3. The highest BCUT2D eigenvalue weighted by molar-refractivity contribution is 6.29. The van der Waals surface area contributed by atoms with Crippen molar-refractivity contribution in [2.45, 2.75) is 18.9 Å². The smallest absolute Gasteiger partial charge is 0.328 e. The van der Waals surface area contributed by atoms with E-state index < -0.39 is 12.0 Å². The molecular formula is C20H17ClN2O3. The van der Waals surface area contributed by atoms with Gasteiger partial charge in [0.25, 0.3) is 5.91 Å². The molecule has 2 aliphatic rings. The van der Waals surface area contributed by atoms with E-state index in [1.54, 1.807) is 11.0 Å². The Labute approximate surface area is 156 Å². The summed E-state index contributed by atoms with van der Waals surface area (Å²) < 4.78 is 1.26. The first-order valence-electron chi connectivity index (χ1n) is 8.44. The molecular weight excluding hydrogens is 352 g/mol. The number of nitrogens with zero attached hydrogens (tertiary/aromatic N) is 2. The minimum absolute atomic E-state index is 0.0619. The van der Waals surface area contributed by atoms with Crippen LogP contribution in [0.5, 0.6) is 0 Å². The number of benzene rings is 2. The van der Waals surface area contributed by atoms with Gasteiger partial charge < -0.3 is 10.0 Å². The lowest BCUT2D eigenvalue weighted by atomic mass is 9.88. The number of fused-ring (bicyclic) bond motifs is 1. The lowest BCUT2D eigenvalue weighted by Crippen LogP contribution is -2.38. The number of halogens is 1. The number of para-hydroxylation sites is 2.